The molecule has 2 aliphatic carbocycles. The highest BCUT2D eigenvalue weighted by atomic mass is 32.2. The predicted octanol–water partition coefficient (Wildman–Crippen LogP) is 5.89. The molecule has 1 aromatic heterocycles. The van der Waals surface area contributed by atoms with Gasteiger partial charge in [0.1, 0.15) is 5.78 Å². The molecular weight excluding hydrogens is 430 g/mol. The normalized spacial score (nSPS) is 21.2. The van der Waals surface area contributed by atoms with Gasteiger partial charge in [-0.25, -0.2) is 8.42 Å². The van der Waals surface area contributed by atoms with E-state index in [0.717, 1.165) is 34.7 Å². The largest absolute Gasteiger partial charge is 0.299 e. The van der Waals surface area contributed by atoms with Gasteiger partial charge >= 0.3 is 0 Å². The molecule has 0 aliphatic heterocycles. The van der Waals surface area contributed by atoms with Crippen LogP contribution in [0.4, 0.5) is 0 Å². The molecule has 2 atom stereocenters. The topological polar surface area (TPSA) is 64.1 Å². The fourth-order valence-corrected chi connectivity index (χ4v) is 6.76. The van der Waals surface area contributed by atoms with Gasteiger partial charge in [0.2, 0.25) is 0 Å². The molecule has 2 unspecified atom stereocenters. The zero-order valence-electron chi connectivity index (χ0n) is 18.9. The number of hydrogen-bond donors (Lipinski definition) is 0. The minimum atomic E-state index is -3.24. The zero-order valence-corrected chi connectivity index (χ0v) is 19.8. The summed E-state index contributed by atoms with van der Waals surface area (Å²) < 4.78 is 25.6. The Morgan fingerprint density at radius 2 is 1.73 bits per heavy atom. The van der Waals surface area contributed by atoms with Gasteiger partial charge in [-0.15, -0.1) is 0 Å². The van der Waals surface area contributed by atoms with Gasteiger partial charge in [-0.2, -0.15) is 0 Å². The van der Waals surface area contributed by atoms with E-state index in [9.17, 15) is 13.2 Å². The van der Waals surface area contributed by atoms with Crippen molar-refractivity contribution >= 4 is 26.4 Å². The van der Waals surface area contributed by atoms with E-state index in [0.29, 0.717) is 17.2 Å². The molecule has 0 spiro atoms. The van der Waals surface area contributed by atoms with Crippen LogP contribution in [-0.2, 0) is 21.1 Å². The first-order valence-corrected chi connectivity index (χ1v) is 13.8. The lowest BCUT2D eigenvalue weighted by molar-refractivity contribution is -0.119. The molecule has 0 N–H and O–H groups in total. The van der Waals surface area contributed by atoms with E-state index in [1.807, 2.05) is 36.5 Å². The Morgan fingerprint density at radius 1 is 0.939 bits per heavy atom. The number of carbonyl (C=O) groups is 1. The van der Waals surface area contributed by atoms with Crippen LogP contribution < -0.4 is 0 Å². The van der Waals surface area contributed by atoms with Gasteiger partial charge in [0.05, 0.1) is 10.6 Å². The van der Waals surface area contributed by atoms with Crippen molar-refractivity contribution in [1.82, 2.24) is 4.98 Å². The molecule has 0 radical (unpaired) electrons. The molecule has 2 aromatic carbocycles. The van der Waals surface area contributed by atoms with Crippen molar-refractivity contribution in [2.45, 2.75) is 62.2 Å². The van der Waals surface area contributed by atoms with Gasteiger partial charge in [-0.1, -0.05) is 62.4 Å². The van der Waals surface area contributed by atoms with Crippen LogP contribution in [0.1, 0.15) is 62.0 Å². The van der Waals surface area contributed by atoms with E-state index in [4.69, 9.17) is 0 Å². The maximum absolute atomic E-state index is 12.8. The lowest BCUT2D eigenvalue weighted by Crippen LogP contribution is -2.14. The Kier molecular flexibility index (Phi) is 6.33. The summed E-state index contributed by atoms with van der Waals surface area (Å²) in [5.74, 6) is 1.31. The van der Waals surface area contributed by atoms with E-state index >= 15 is 0 Å². The summed E-state index contributed by atoms with van der Waals surface area (Å²) in [6, 6.07) is 15.4. The number of hydrogen-bond acceptors (Lipinski definition) is 4. The third kappa shape index (κ3) is 5.19. The van der Waals surface area contributed by atoms with Crippen LogP contribution in [0.15, 0.2) is 65.8 Å². The summed E-state index contributed by atoms with van der Waals surface area (Å²) in [5, 5.41) is 2.18. The monoisotopic (exact) mass is 461 g/mol. The second-order valence-electron chi connectivity index (χ2n) is 9.83. The van der Waals surface area contributed by atoms with Gasteiger partial charge in [0, 0.05) is 30.1 Å². The molecule has 1 heterocycles. The molecule has 0 amide bonds. The van der Waals surface area contributed by atoms with E-state index in [2.05, 4.69) is 11.1 Å². The minimum Gasteiger partial charge on any atom is -0.299 e. The summed E-state index contributed by atoms with van der Waals surface area (Å²) in [6.07, 6.45) is 11.8. The second-order valence-corrected chi connectivity index (χ2v) is 11.9. The van der Waals surface area contributed by atoms with Crippen molar-refractivity contribution in [3.8, 4) is 0 Å². The molecule has 172 valence electrons. The van der Waals surface area contributed by atoms with Crippen molar-refractivity contribution in [2.75, 3.05) is 5.75 Å². The van der Waals surface area contributed by atoms with Gasteiger partial charge in [0.25, 0.3) is 0 Å². The van der Waals surface area contributed by atoms with Crippen LogP contribution in [0.3, 0.4) is 0 Å². The van der Waals surface area contributed by atoms with E-state index < -0.39 is 9.84 Å². The van der Waals surface area contributed by atoms with E-state index in [1.54, 1.807) is 18.3 Å². The van der Waals surface area contributed by atoms with Crippen LogP contribution in [0.2, 0.25) is 0 Å². The number of benzene rings is 2. The van der Waals surface area contributed by atoms with Crippen LogP contribution >= 0.6 is 0 Å². The molecule has 5 rings (SSSR count). The second kappa shape index (κ2) is 9.38. The molecule has 33 heavy (non-hydrogen) atoms. The molecule has 2 aliphatic rings. The smallest absolute Gasteiger partial charge is 0.178 e. The standard InChI is InChI=1S/C28H31NO3S/c30-28(17-21-6-7-24-19-29-14-12-23(24)16-21)27-18-26(27)22-8-10-25(11-9-22)33(31,32)15-13-20-4-2-1-3-5-20/h6-12,14,16,19-20,26-27H,1-5,13,15,17-18H2. The van der Waals surface area contributed by atoms with Gasteiger partial charge in [-0.05, 0) is 59.4 Å². The van der Waals surface area contributed by atoms with Crippen LogP contribution in [0, 0.1) is 11.8 Å². The highest BCUT2D eigenvalue weighted by molar-refractivity contribution is 7.91. The molecule has 4 nitrogen and oxygen atoms in total. The van der Waals surface area contributed by atoms with Gasteiger partial charge < -0.3 is 0 Å². The van der Waals surface area contributed by atoms with Crippen LogP contribution in [-0.4, -0.2) is 24.9 Å². The molecule has 2 saturated carbocycles. The number of pyridine rings is 1. The van der Waals surface area contributed by atoms with Crippen molar-refractivity contribution in [3.05, 3.63) is 72.1 Å². The first-order valence-electron chi connectivity index (χ1n) is 12.2. The Labute approximate surface area is 196 Å². The van der Waals surface area contributed by atoms with E-state index in [1.165, 1.54) is 32.1 Å². The summed E-state index contributed by atoms with van der Waals surface area (Å²) in [7, 11) is -3.24. The predicted molar refractivity (Wildman–Crippen MR) is 131 cm³/mol. The molecule has 5 heteroatoms. The highest BCUT2D eigenvalue weighted by Gasteiger charge is 2.43. The number of carbonyl (C=O) groups excluding carboxylic acids is 1. The Morgan fingerprint density at radius 3 is 2.52 bits per heavy atom. The van der Waals surface area contributed by atoms with Crippen molar-refractivity contribution in [2.24, 2.45) is 11.8 Å². The summed E-state index contributed by atoms with van der Waals surface area (Å²) in [6.45, 7) is 0. The average Bonchev–Trinajstić information content (AvgIpc) is 3.65. The van der Waals surface area contributed by atoms with Crippen molar-refractivity contribution < 1.29 is 13.2 Å². The highest BCUT2D eigenvalue weighted by Crippen LogP contribution is 2.48. The summed E-state index contributed by atoms with van der Waals surface area (Å²) in [4.78, 5) is 17.4. The minimum absolute atomic E-state index is 0.0342. The lowest BCUT2D eigenvalue weighted by atomic mass is 9.88. The average molecular weight is 462 g/mol. The Balaban J connectivity index is 1.18. The number of fused-ring (bicyclic) bond motifs is 1. The molecule has 2 fully saturated rings. The maximum Gasteiger partial charge on any atom is 0.178 e. The fraction of sp³-hybridized carbons (Fsp3) is 0.429. The molecule has 3 aromatic rings. The molecule has 0 saturated heterocycles. The number of sulfone groups is 1. The Hall–Kier alpha value is -2.53. The van der Waals surface area contributed by atoms with Gasteiger partial charge in [0.15, 0.2) is 9.84 Å². The first kappa shape index (κ1) is 22.3. The third-order valence-corrected chi connectivity index (χ3v) is 9.24. The third-order valence-electron chi connectivity index (χ3n) is 7.47. The number of rotatable bonds is 8. The number of Topliss-reactive ketones (excluding diaryl/α,β-unsaturated/α-hetero) is 1. The maximum atomic E-state index is 12.8. The van der Waals surface area contributed by atoms with Crippen LogP contribution in [0.5, 0.6) is 0 Å². The first-order chi connectivity index (χ1) is 16.0. The molecule has 0 bridgehead atoms. The quantitative estimate of drug-likeness (QED) is 0.419. The zero-order chi connectivity index (χ0) is 22.8. The number of aromatic nitrogens is 1. The summed E-state index contributed by atoms with van der Waals surface area (Å²) in [5.41, 5.74) is 2.10. The van der Waals surface area contributed by atoms with E-state index in [-0.39, 0.29) is 23.4 Å². The Bertz CT molecular complexity index is 1240. The SMILES string of the molecule is O=C(Cc1ccc2cnccc2c1)C1CC1c1ccc(S(=O)(=O)CCC2CCCCC2)cc1. The van der Waals surface area contributed by atoms with Crippen molar-refractivity contribution in [3.63, 3.8) is 0 Å². The number of ketones is 1. The van der Waals surface area contributed by atoms with Crippen LogP contribution in [0.25, 0.3) is 10.8 Å². The fourth-order valence-electron chi connectivity index (χ4n) is 5.33. The lowest BCUT2D eigenvalue weighted by Gasteiger charge is -2.21. The summed E-state index contributed by atoms with van der Waals surface area (Å²) >= 11 is 0. The molecular formula is C28H31NO3S. The number of nitrogens with zero attached hydrogens (tertiary/aromatic N) is 1. The van der Waals surface area contributed by atoms with Gasteiger partial charge in [-0.3, -0.25) is 9.78 Å². The van der Waals surface area contributed by atoms with Crippen molar-refractivity contribution in [1.29, 1.82) is 0 Å².